The van der Waals surface area contributed by atoms with Crippen LogP contribution in [0.25, 0.3) is 0 Å². The van der Waals surface area contributed by atoms with Gasteiger partial charge in [-0.05, 0) is 29.8 Å². The van der Waals surface area contributed by atoms with E-state index >= 15 is 0 Å². The summed E-state index contributed by atoms with van der Waals surface area (Å²) in [5.41, 5.74) is 1.24. The fourth-order valence-electron chi connectivity index (χ4n) is 1.67. The van der Waals surface area contributed by atoms with Gasteiger partial charge in [-0.2, -0.15) is 0 Å². The lowest BCUT2D eigenvalue weighted by Crippen LogP contribution is -2.32. The number of hydrogen-bond donors (Lipinski definition) is 0. The Hall–Kier alpha value is -0.323. The molecule has 1 atom stereocenters. The first-order valence-corrected chi connectivity index (χ1v) is 8.53. The van der Waals surface area contributed by atoms with Crippen molar-refractivity contribution in [1.82, 2.24) is 0 Å². The minimum Gasteiger partial charge on any atom is -0.418 e. The molecule has 1 rings (SSSR count). The third-order valence-electron chi connectivity index (χ3n) is 2.67. The summed E-state index contributed by atoms with van der Waals surface area (Å²) in [6, 6.07) is 9.96. The van der Waals surface area contributed by atoms with Gasteiger partial charge < -0.3 is 9.33 Å². The molecule has 0 saturated heterocycles. The van der Waals surface area contributed by atoms with E-state index in [0.717, 1.165) is 5.33 Å². The van der Waals surface area contributed by atoms with Crippen molar-refractivity contribution in [3.8, 4) is 0 Å². The Morgan fingerprint density at radius 3 is 2.31 bits per heavy atom. The minimum absolute atomic E-state index is 1.07. The monoisotopic (exact) mass is 301 g/mol. The molecular weight excluding hydrogens is 282 g/mol. The topological polar surface area (TPSA) is 12.5 Å². The molecule has 16 heavy (non-hydrogen) atoms. The van der Waals surface area contributed by atoms with E-state index in [4.69, 9.17) is 4.43 Å². The fourth-order valence-corrected chi connectivity index (χ4v) is 4.63. The van der Waals surface area contributed by atoms with E-state index in [1.54, 1.807) is 0 Å². The van der Waals surface area contributed by atoms with Gasteiger partial charge in [0.2, 0.25) is 9.04 Å². The number of rotatable bonds is 6. The van der Waals surface area contributed by atoms with Crippen LogP contribution in [0.3, 0.4) is 0 Å². The van der Waals surface area contributed by atoms with Crippen LogP contribution in [-0.2, 0) is 4.43 Å². The molecular formula is C12H20BrNOSi. The third kappa shape index (κ3) is 3.92. The molecule has 0 bridgehead atoms. The molecule has 0 aliphatic carbocycles. The molecule has 0 aromatic heterocycles. The van der Waals surface area contributed by atoms with Crippen molar-refractivity contribution in [2.24, 2.45) is 0 Å². The van der Waals surface area contributed by atoms with Crippen LogP contribution in [0.2, 0.25) is 6.04 Å². The molecule has 0 spiro atoms. The smallest absolute Gasteiger partial charge is 0.207 e. The van der Waals surface area contributed by atoms with Gasteiger partial charge in [-0.15, -0.1) is 0 Å². The van der Waals surface area contributed by atoms with Gasteiger partial charge in [-0.25, -0.2) is 0 Å². The van der Waals surface area contributed by atoms with Crippen molar-refractivity contribution in [2.45, 2.75) is 12.5 Å². The number of hydrogen-bond acceptors (Lipinski definition) is 2. The average molecular weight is 302 g/mol. The first-order valence-electron chi connectivity index (χ1n) is 5.55. The quantitative estimate of drug-likeness (QED) is 0.589. The highest BCUT2D eigenvalue weighted by molar-refractivity contribution is 9.09. The summed E-state index contributed by atoms with van der Waals surface area (Å²) < 4.78 is 5.64. The largest absolute Gasteiger partial charge is 0.418 e. The van der Waals surface area contributed by atoms with Crippen LogP contribution in [-0.4, -0.2) is 35.6 Å². The molecule has 1 aromatic carbocycles. The van der Waals surface area contributed by atoms with Crippen LogP contribution in [0.4, 0.5) is 5.69 Å². The van der Waals surface area contributed by atoms with E-state index in [1.165, 1.54) is 23.3 Å². The Morgan fingerprint density at radius 1 is 1.25 bits per heavy atom. The summed E-state index contributed by atoms with van der Waals surface area (Å²) in [5, 5.41) is 2.46. The van der Waals surface area contributed by atoms with Gasteiger partial charge in [0, 0.05) is 32.2 Å². The third-order valence-corrected chi connectivity index (χ3v) is 5.86. The maximum atomic E-state index is 5.64. The maximum Gasteiger partial charge on any atom is 0.207 e. The first-order chi connectivity index (χ1) is 7.69. The van der Waals surface area contributed by atoms with Crippen molar-refractivity contribution in [1.29, 1.82) is 0 Å². The van der Waals surface area contributed by atoms with Crippen molar-refractivity contribution < 1.29 is 4.43 Å². The highest BCUT2D eigenvalue weighted by Crippen LogP contribution is 2.09. The van der Waals surface area contributed by atoms with Gasteiger partial charge in [0.05, 0.1) is 0 Å². The lowest BCUT2D eigenvalue weighted by molar-refractivity contribution is 0.428. The zero-order valence-corrected chi connectivity index (χ0v) is 13.0. The molecule has 0 amide bonds. The second-order valence-corrected chi connectivity index (χ2v) is 7.53. The molecule has 0 N–H and O–H groups in total. The Kier molecular flexibility index (Phi) is 6.09. The van der Waals surface area contributed by atoms with Gasteiger partial charge in [-0.3, -0.25) is 0 Å². The van der Waals surface area contributed by atoms with Crippen molar-refractivity contribution in [3.05, 3.63) is 24.3 Å². The zero-order valence-electron chi connectivity index (χ0n) is 10.2. The minimum atomic E-state index is -1.19. The van der Waals surface area contributed by atoms with Crippen LogP contribution < -0.4 is 10.1 Å². The molecule has 0 heterocycles. The summed E-state index contributed by atoms with van der Waals surface area (Å²) in [7, 11) is 4.77. The van der Waals surface area contributed by atoms with Gasteiger partial charge in [-0.1, -0.05) is 28.1 Å². The first kappa shape index (κ1) is 13.7. The zero-order chi connectivity index (χ0) is 12.0. The summed E-state index contributed by atoms with van der Waals surface area (Å²) >= 11 is 3.47. The Bertz CT molecular complexity index is 302. The van der Waals surface area contributed by atoms with Crippen molar-refractivity contribution >= 4 is 35.8 Å². The van der Waals surface area contributed by atoms with Crippen molar-refractivity contribution in [2.75, 3.05) is 31.4 Å². The van der Waals surface area contributed by atoms with Gasteiger partial charge >= 0.3 is 0 Å². The number of alkyl halides is 1. The van der Waals surface area contributed by atoms with Crippen LogP contribution in [0.15, 0.2) is 24.3 Å². The summed E-state index contributed by atoms with van der Waals surface area (Å²) in [5.74, 6) is 0. The summed E-state index contributed by atoms with van der Waals surface area (Å²) in [6.07, 6.45) is 1.19. The van der Waals surface area contributed by atoms with Crippen molar-refractivity contribution in [3.63, 3.8) is 0 Å². The SMILES string of the molecule is CO[Si@@H](CCCBr)c1ccc(N(C)C)cc1. The van der Waals surface area contributed by atoms with Crippen LogP contribution in [0.5, 0.6) is 0 Å². The highest BCUT2D eigenvalue weighted by Gasteiger charge is 2.12. The van der Waals surface area contributed by atoms with E-state index in [2.05, 4.69) is 59.2 Å². The molecule has 4 heteroatoms. The van der Waals surface area contributed by atoms with Gasteiger partial charge in [0.15, 0.2) is 0 Å². The standard InChI is InChI=1S/C12H20BrNOSi/c1-14(2)11-5-7-12(8-6-11)16(15-3)10-4-9-13/h5-8,16H,4,9-10H2,1-3H3/t16-/m0/s1. The average Bonchev–Trinajstić information content (AvgIpc) is 2.30. The lowest BCUT2D eigenvalue weighted by atomic mass is 10.3. The molecule has 0 aliphatic heterocycles. The molecule has 2 nitrogen and oxygen atoms in total. The predicted molar refractivity (Wildman–Crippen MR) is 77.8 cm³/mol. The normalized spacial score (nSPS) is 12.5. The van der Waals surface area contributed by atoms with Gasteiger partial charge in [0.25, 0.3) is 0 Å². The number of nitrogens with zero attached hydrogens (tertiary/aromatic N) is 1. The van der Waals surface area contributed by atoms with E-state index in [-0.39, 0.29) is 0 Å². The summed E-state index contributed by atoms with van der Waals surface area (Å²) in [6.45, 7) is 0. The lowest BCUT2D eigenvalue weighted by Gasteiger charge is -2.16. The Labute approximate surface area is 108 Å². The fraction of sp³-hybridized carbons (Fsp3) is 0.500. The molecule has 0 unspecified atom stereocenters. The molecule has 90 valence electrons. The van der Waals surface area contributed by atoms with E-state index in [1.807, 2.05) is 7.11 Å². The highest BCUT2D eigenvalue weighted by atomic mass is 79.9. The second-order valence-electron chi connectivity index (χ2n) is 4.04. The molecule has 0 saturated carbocycles. The number of benzene rings is 1. The van der Waals surface area contributed by atoms with Crippen LogP contribution in [0.1, 0.15) is 6.42 Å². The number of anilines is 1. The molecule has 0 fully saturated rings. The Morgan fingerprint density at radius 2 is 1.88 bits per heavy atom. The molecule has 0 aliphatic rings. The van der Waals surface area contributed by atoms with E-state index < -0.39 is 9.04 Å². The summed E-state index contributed by atoms with van der Waals surface area (Å²) in [4.78, 5) is 2.12. The Balaban J connectivity index is 2.70. The molecule has 0 radical (unpaired) electrons. The van der Waals surface area contributed by atoms with E-state index in [0.29, 0.717) is 0 Å². The molecule has 1 aromatic rings. The van der Waals surface area contributed by atoms with Crippen LogP contribution in [0, 0.1) is 0 Å². The van der Waals surface area contributed by atoms with Crippen LogP contribution >= 0.6 is 15.9 Å². The second kappa shape index (κ2) is 7.09. The predicted octanol–water partition coefficient (Wildman–Crippen LogP) is 2.11. The van der Waals surface area contributed by atoms with E-state index in [9.17, 15) is 0 Å². The maximum absolute atomic E-state index is 5.64. The number of halogens is 1. The van der Waals surface area contributed by atoms with Gasteiger partial charge in [0.1, 0.15) is 0 Å².